The van der Waals surface area contributed by atoms with Crippen molar-refractivity contribution in [2.24, 2.45) is 0 Å². The van der Waals surface area contributed by atoms with E-state index in [1.165, 1.54) is 109 Å². The summed E-state index contributed by atoms with van der Waals surface area (Å²) in [6.07, 6.45) is 33.5. The molecule has 182 valence electrons. The zero-order chi connectivity index (χ0) is 22.6. The van der Waals surface area contributed by atoms with Crippen LogP contribution < -0.4 is 5.32 Å². The summed E-state index contributed by atoms with van der Waals surface area (Å²) in [5.74, 6) is 0. The maximum absolute atomic E-state index is 10.2. The Kier molecular flexibility index (Phi) is 17.1. The Hall–Kier alpha value is -0.800. The van der Waals surface area contributed by atoms with Crippen LogP contribution in [0.25, 0.3) is 0 Å². The van der Waals surface area contributed by atoms with Crippen molar-refractivity contribution in [2.45, 2.75) is 149 Å². The van der Waals surface area contributed by atoms with E-state index in [0.29, 0.717) is 10.6 Å². The van der Waals surface area contributed by atoms with Gasteiger partial charge in [-0.2, -0.15) is 0 Å². The molecule has 1 heterocycles. The average Bonchev–Trinajstić information content (AvgIpc) is 3.19. The molecule has 0 aliphatic carbocycles. The molecule has 0 radical (unpaired) electrons. The van der Waals surface area contributed by atoms with Gasteiger partial charge in [-0.25, -0.2) is 0 Å². The molecule has 3 atom stereocenters. The van der Waals surface area contributed by atoms with E-state index in [-0.39, 0.29) is 6.23 Å². The van der Waals surface area contributed by atoms with Gasteiger partial charge < -0.3 is 10.4 Å². The molecular formula is C28H55N2O+. The van der Waals surface area contributed by atoms with Crippen molar-refractivity contribution in [2.75, 3.05) is 6.54 Å². The molecule has 0 aromatic rings. The van der Waals surface area contributed by atoms with E-state index in [1.807, 2.05) is 13.1 Å². The average molecular weight is 436 g/mol. The van der Waals surface area contributed by atoms with Crippen LogP contribution in [0.15, 0.2) is 24.6 Å². The molecule has 0 spiro atoms. The fourth-order valence-corrected chi connectivity index (χ4v) is 4.95. The van der Waals surface area contributed by atoms with E-state index in [4.69, 9.17) is 0 Å². The molecule has 0 aromatic heterocycles. The Balaban J connectivity index is 1.86. The van der Waals surface area contributed by atoms with Gasteiger partial charge in [0.05, 0.1) is 12.7 Å². The molecular weight excluding hydrogens is 380 g/mol. The number of allylic oxidation sites excluding steroid dienone is 2. The summed E-state index contributed by atoms with van der Waals surface area (Å²) in [4.78, 5) is 0. The van der Waals surface area contributed by atoms with Gasteiger partial charge in [0.2, 0.25) is 0 Å². The highest BCUT2D eigenvalue weighted by Crippen LogP contribution is 2.25. The molecule has 3 heteroatoms. The van der Waals surface area contributed by atoms with E-state index >= 15 is 0 Å². The molecule has 3 nitrogen and oxygen atoms in total. The van der Waals surface area contributed by atoms with Crippen molar-refractivity contribution in [1.82, 2.24) is 5.32 Å². The zero-order valence-corrected chi connectivity index (χ0v) is 21.3. The predicted molar refractivity (Wildman–Crippen MR) is 136 cm³/mol. The lowest BCUT2D eigenvalue weighted by molar-refractivity contribution is -0.942. The van der Waals surface area contributed by atoms with Crippen LogP contribution in [0.3, 0.4) is 0 Å². The topological polar surface area (TPSA) is 32.3 Å². The minimum Gasteiger partial charge on any atom is -0.345 e. The second-order valence-corrected chi connectivity index (χ2v) is 9.73. The van der Waals surface area contributed by atoms with Crippen LogP contribution in [-0.4, -0.2) is 28.5 Å². The summed E-state index contributed by atoms with van der Waals surface area (Å²) in [6, 6.07) is 0. The summed E-state index contributed by atoms with van der Waals surface area (Å²) in [7, 11) is 0. The van der Waals surface area contributed by atoms with Crippen molar-refractivity contribution in [3.8, 4) is 0 Å². The smallest absolute Gasteiger partial charge is 0.193 e. The minimum atomic E-state index is -0.341. The Morgan fingerprint density at radius 3 is 1.74 bits per heavy atom. The van der Waals surface area contributed by atoms with E-state index < -0.39 is 0 Å². The second-order valence-electron chi connectivity index (χ2n) is 9.73. The van der Waals surface area contributed by atoms with Gasteiger partial charge in [0.15, 0.2) is 12.4 Å². The number of unbranched alkanes of at least 4 members (excludes halogenated alkanes) is 15. The van der Waals surface area contributed by atoms with E-state index in [1.54, 1.807) is 0 Å². The summed E-state index contributed by atoms with van der Waals surface area (Å²) in [6.45, 7) is 7.31. The standard InChI is InChI=1S/C28H55N2O/c1-4-6-7-8-9-10-11-12-13-14-15-16-17-18-19-20-21-22-23-24-28-29-25-26-30(28,5-2)27(3)31/h17-18,25-29,31H,4-16,19-24H2,1-3H3/q+1/b18-17+. The predicted octanol–water partition coefficient (Wildman–Crippen LogP) is 8.16. The number of rotatable bonds is 21. The molecule has 31 heavy (non-hydrogen) atoms. The monoisotopic (exact) mass is 435 g/mol. The summed E-state index contributed by atoms with van der Waals surface area (Å²) in [5.41, 5.74) is 0. The Labute approximate surface area is 195 Å². The van der Waals surface area contributed by atoms with Crippen LogP contribution in [0.1, 0.15) is 136 Å². The third kappa shape index (κ3) is 12.1. The normalized spacial score (nSPS) is 21.7. The van der Waals surface area contributed by atoms with Crippen molar-refractivity contribution in [3.05, 3.63) is 24.6 Å². The van der Waals surface area contributed by atoms with Gasteiger partial charge in [-0.3, -0.25) is 4.48 Å². The second kappa shape index (κ2) is 18.7. The first-order valence-corrected chi connectivity index (χ1v) is 13.8. The number of hydrogen-bond donors (Lipinski definition) is 2. The lowest BCUT2D eigenvalue weighted by atomic mass is 10.0. The number of quaternary nitrogens is 1. The summed E-state index contributed by atoms with van der Waals surface area (Å²) >= 11 is 0. The maximum atomic E-state index is 10.2. The SMILES string of the molecule is CCCCCCCCCCCCC/C=C/CCCCCCC1NC=C[N+]1(CC)C(C)O. The van der Waals surface area contributed by atoms with Crippen molar-refractivity contribution in [1.29, 1.82) is 0 Å². The van der Waals surface area contributed by atoms with Gasteiger partial charge in [-0.05, 0) is 39.0 Å². The molecule has 0 fully saturated rings. The molecule has 1 aliphatic heterocycles. The van der Waals surface area contributed by atoms with Crippen LogP contribution in [0.5, 0.6) is 0 Å². The molecule has 0 saturated heterocycles. The van der Waals surface area contributed by atoms with Gasteiger partial charge in [-0.1, -0.05) is 96.1 Å². The van der Waals surface area contributed by atoms with Crippen LogP contribution >= 0.6 is 0 Å². The number of aliphatic hydroxyl groups excluding tert-OH is 1. The van der Waals surface area contributed by atoms with Gasteiger partial charge in [0.1, 0.15) is 6.20 Å². The molecule has 3 unspecified atom stereocenters. The highest BCUT2D eigenvalue weighted by atomic mass is 16.3. The first-order valence-electron chi connectivity index (χ1n) is 13.8. The first kappa shape index (κ1) is 28.2. The van der Waals surface area contributed by atoms with Gasteiger partial charge in [-0.15, -0.1) is 0 Å². The number of hydrogen-bond acceptors (Lipinski definition) is 2. The first-order chi connectivity index (χ1) is 15.2. The van der Waals surface area contributed by atoms with Crippen molar-refractivity contribution >= 4 is 0 Å². The van der Waals surface area contributed by atoms with Crippen LogP contribution in [0.2, 0.25) is 0 Å². The van der Waals surface area contributed by atoms with Crippen LogP contribution in [0, 0.1) is 0 Å². The molecule has 1 rings (SSSR count). The maximum Gasteiger partial charge on any atom is 0.193 e. The van der Waals surface area contributed by atoms with Crippen LogP contribution in [0.4, 0.5) is 0 Å². The molecule has 0 bridgehead atoms. The number of aliphatic hydroxyl groups is 1. The van der Waals surface area contributed by atoms with Crippen LogP contribution in [-0.2, 0) is 0 Å². The highest BCUT2D eigenvalue weighted by molar-refractivity contribution is 4.85. The summed E-state index contributed by atoms with van der Waals surface area (Å²) < 4.78 is 0.668. The summed E-state index contributed by atoms with van der Waals surface area (Å²) in [5, 5.41) is 13.7. The number of nitrogens with zero attached hydrogens (tertiary/aromatic N) is 1. The lowest BCUT2D eigenvalue weighted by Gasteiger charge is -2.39. The number of nitrogens with one attached hydrogen (secondary N) is 1. The quantitative estimate of drug-likeness (QED) is 0.108. The largest absolute Gasteiger partial charge is 0.345 e. The van der Waals surface area contributed by atoms with Gasteiger partial charge in [0, 0.05) is 13.3 Å². The fourth-order valence-electron chi connectivity index (χ4n) is 4.95. The Morgan fingerprint density at radius 1 is 0.774 bits per heavy atom. The Morgan fingerprint density at radius 2 is 1.26 bits per heavy atom. The van der Waals surface area contributed by atoms with E-state index in [9.17, 15) is 5.11 Å². The van der Waals surface area contributed by atoms with E-state index in [2.05, 4.69) is 37.5 Å². The van der Waals surface area contributed by atoms with Crippen molar-refractivity contribution in [3.63, 3.8) is 0 Å². The molecule has 2 N–H and O–H groups in total. The third-order valence-electron chi connectivity index (χ3n) is 7.20. The molecule has 1 aliphatic rings. The lowest BCUT2D eigenvalue weighted by Crippen LogP contribution is -2.57. The molecule has 0 saturated carbocycles. The molecule has 0 amide bonds. The van der Waals surface area contributed by atoms with Gasteiger partial charge >= 0.3 is 0 Å². The van der Waals surface area contributed by atoms with Crippen molar-refractivity contribution < 1.29 is 9.59 Å². The fraction of sp³-hybridized carbons (Fsp3) is 0.857. The third-order valence-corrected chi connectivity index (χ3v) is 7.20. The Bertz CT molecular complexity index is 460. The van der Waals surface area contributed by atoms with Gasteiger partial charge in [0.25, 0.3) is 0 Å². The highest BCUT2D eigenvalue weighted by Gasteiger charge is 2.40. The van der Waals surface area contributed by atoms with E-state index in [0.717, 1.165) is 13.0 Å². The molecule has 0 aromatic carbocycles. The zero-order valence-electron chi connectivity index (χ0n) is 21.3. The minimum absolute atomic E-state index is 0.341.